The smallest absolute Gasteiger partial charge is 0.300 e. The van der Waals surface area contributed by atoms with Crippen LogP contribution in [0.2, 0.25) is 6.82 Å². The Hall–Kier alpha value is 0.715. The molecule has 0 aliphatic carbocycles. The van der Waals surface area contributed by atoms with Gasteiger partial charge in [0.15, 0.2) is 23.0 Å². The van der Waals surface area contributed by atoms with Crippen molar-refractivity contribution in [1.29, 1.82) is 0 Å². The third kappa shape index (κ3) is 4.71. The number of hydrogen-bond donors (Lipinski definition) is 0. The molecule has 5 heavy (non-hydrogen) atoms. The summed E-state index contributed by atoms with van der Waals surface area (Å²) in [5.74, 6) is 0. The molecule has 0 fully saturated rings. The van der Waals surface area contributed by atoms with Gasteiger partial charge in [0.25, 0.3) is 0 Å². The highest BCUT2D eigenvalue weighted by Gasteiger charge is 1.71. The van der Waals surface area contributed by atoms with Crippen LogP contribution in [0, 0.1) is 0 Å². The lowest BCUT2D eigenvalue weighted by atomic mass is 10.1. The standard InChI is InChI=1S/CH4BIO2/c1-2-4-5-3/h2H,1H3. The minimum atomic E-state index is 0.614. The second-order valence-electron chi connectivity index (χ2n) is 0.470. The van der Waals surface area contributed by atoms with E-state index in [4.69, 9.17) is 0 Å². The number of rotatable bonds is 2. The molecule has 0 saturated carbocycles. The molecule has 0 radical (unpaired) electrons. The summed E-state index contributed by atoms with van der Waals surface area (Å²) in [5, 5.41) is 0. The van der Waals surface area contributed by atoms with Crippen molar-refractivity contribution >= 4 is 30.5 Å². The Kier molecular flexibility index (Phi) is 5.39. The van der Waals surface area contributed by atoms with Crippen LogP contribution in [0.1, 0.15) is 0 Å². The Bertz CT molecular complexity index is 17.1. The highest BCUT2D eigenvalue weighted by atomic mass is 127. The fourth-order valence-corrected chi connectivity index (χ4v) is 0.299. The molecule has 0 saturated heterocycles. The highest BCUT2D eigenvalue weighted by Crippen LogP contribution is 1.82. The Balaban J connectivity index is 2.19. The van der Waals surface area contributed by atoms with Gasteiger partial charge in [-0.05, 0) is 0 Å². The lowest BCUT2D eigenvalue weighted by Crippen LogP contribution is -1.83. The molecule has 0 atom stereocenters. The first kappa shape index (κ1) is 5.71. The van der Waals surface area contributed by atoms with E-state index in [1.807, 2.05) is 6.82 Å². The van der Waals surface area contributed by atoms with Crippen LogP contribution < -0.4 is 0 Å². The van der Waals surface area contributed by atoms with Gasteiger partial charge in [0.1, 0.15) is 0 Å². The minimum absolute atomic E-state index is 0.614. The first-order valence-electron chi connectivity index (χ1n) is 1.32. The van der Waals surface area contributed by atoms with E-state index >= 15 is 0 Å². The van der Waals surface area contributed by atoms with Gasteiger partial charge in [0, 0.05) is 0 Å². The van der Waals surface area contributed by atoms with Crippen molar-refractivity contribution in [2.45, 2.75) is 6.82 Å². The maximum absolute atomic E-state index is 4.32. The minimum Gasteiger partial charge on any atom is -0.300 e. The van der Waals surface area contributed by atoms with Crippen LogP contribution in [-0.4, -0.2) is 7.48 Å². The lowest BCUT2D eigenvalue weighted by Gasteiger charge is -1.82. The number of hydrogen-bond acceptors (Lipinski definition) is 2. The van der Waals surface area contributed by atoms with Crippen molar-refractivity contribution in [3.8, 4) is 0 Å². The van der Waals surface area contributed by atoms with Gasteiger partial charge in [0.2, 0.25) is 0 Å². The summed E-state index contributed by atoms with van der Waals surface area (Å²) in [6.07, 6.45) is 0. The van der Waals surface area contributed by atoms with Crippen LogP contribution in [0.3, 0.4) is 0 Å². The summed E-state index contributed by atoms with van der Waals surface area (Å²) in [6, 6.07) is 0. The van der Waals surface area contributed by atoms with Gasteiger partial charge in [-0.3, -0.25) is 0 Å². The van der Waals surface area contributed by atoms with E-state index in [2.05, 4.69) is 8.02 Å². The van der Waals surface area contributed by atoms with Crippen LogP contribution in [0.5, 0.6) is 0 Å². The molecule has 4 heteroatoms. The lowest BCUT2D eigenvalue weighted by molar-refractivity contribution is -0.0439. The van der Waals surface area contributed by atoms with E-state index in [9.17, 15) is 0 Å². The molecule has 0 bridgehead atoms. The van der Waals surface area contributed by atoms with E-state index in [1.165, 1.54) is 0 Å². The van der Waals surface area contributed by atoms with Crippen molar-refractivity contribution in [2.24, 2.45) is 0 Å². The highest BCUT2D eigenvalue weighted by molar-refractivity contribution is 14.1. The third-order valence-corrected chi connectivity index (χ3v) is 0.417. The average Bonchev–Trinajstić information content (AvgIpc) is 1.41. The molecule has 0 spiro atoms. The Morgan fingerprint density at radius 3 is 2.40 bits per heavy atom. The summed E-state index contributed by atoms with van der Waals surface area (Å²) in [6.45, 7) is 1.86. The second-order valence-corrected chi connectivity index (χ2v) is 0.829. The quantitative estimate of drug-likeness (QED) is 0.273. The average molecular weight is 186 g/mol. The summed E-state index contributed by atoms with van der Waals surface area (Å²) < 4.78 is 4.16. The van der Waals surface area contributed by atoms with E-state index in [1.54, 1.807) is 23.0 Å². The molecule has 0 aromatic heterocycles. The Morgan fingerprint density at radius 1 is 1.80 bits per heavy atom. The predicted molar refractivity (Wildman–Crippen MR) is 29.2 cm³/mol. The SMILES string of the molecule is CBOOI. The van der Waals surface area contributed by atoms with E-state index in [0.717, 1.165) is 0 Å². The zero-order valence-electron chi connectivity index (χ0n) is 2.90. The molecule has 0 rings (SSSR count). The topological polar surface area (TPSA) is 18.5 Å². The van der Waals surface area contributed by atoms with E-state index in [0.29, 0.717) is 7.48 Å². The van der Waals surface area contributed by atoms with E-state index < -0.39 is 0 Å². The van der Waals surface area contributed by atoms with Gasteiger partial charge in [0.05, 0.1) is 0 Å². The van der Waals surface area contributed by atoms with Crippen LogP contribution >= 0.6 is 23.0 Å². The summed E-state index contributed by atoms with van der Waals surface area (Å²) in [5.41, 5.74) is 0. The van der Waals surface area contributed by atoms with Crippen LogP contribution in [-0.2, 0) is 8.02 Å². The molecule has 0 amide bonds. The van der Waals surface area contributed by atoms with Crippen molar-refractivity contribution < 1.29 is 8.02 Å². The third-order valence-electron chi connectivity index (χ3n) is 0.162. The predicted octanol–water partition coefficient (Wildman–Crippen LogP) is 0.684. The van der Waals surface area contributed by atoms with Crippen LogP contribution in [0.15, 0.2) is 0 Å². The zero-order chi connectivity index (χ0) is 4.12. The molecular formula is CH4BIO2. The van der Waals surface area contributed by atoms with Crippen LogP contribution in [0.25, 0.3) is 0 Å². The normalized spacial score (nSPS) is 7.60. The molecule has 0 aliphatic rings. The molecular weight excluding hydrogens is 182 g/mol. The van der Waals surface area contributed by atoms with Crippen molar-refractivity contribution in [3.63, 3.8) is 0 Å². The summed E-state index contributed by atoms with van der Waals surface area (Å²) in [7, 11) is 0.614. The van der Waals surface area contributed by atoms with Gasteiger partial charge < -0.3 is 4.81 Å². The first-order valence-corrected chi connectivity index (χ1v) is 2.20. The monoisotopic (exact) mass is 186 g/mol. The van der Waals surface area contributed by atoms with Crippen molar-refractivity contribution in [2.75, 3.05) is 0 Å². The number of halogens is 1. The van der Waals surface area contributed by atoms with Crippen LogP contribution in [0.4, 0.5) is 0 Å². The first-order chi connectivity index (χ1) is 2.41. The van der Waals surface area contributed by atoms with Gasteiger partial charge >= 0.3 is 7.48 Å². The maximum Gasteiger partial charge on any atom is 0.321 e. The van der Waals surface area contributed by atoms with Gasteiger partial charge in [-0.1, -0.05) is 6.82 Å². The second kappa shape index (κ2) is 4.71. The Labute approximate surface area is 45.7 Å². The zero-order valence-corrected chi connectivity index (χ0v) is 5.06. The van der Waals surface area contributed by atoms with Crippen molar-refractivity contribution in [3.05, 3.63) is 0 Å². The largest absolute Gasteiger partial charge is 0.321 e. The molecule has 0 aromatic carbocycles. The van der Waals surface area contributed by atoms with E-state index in [-0.39, 0.29) is 0 Å². The maximum atomic E-state index is 4.32. The van der Waals surface area contributed by atoms with Gasteiger partial charge in [-0.2, -0.15) is 3.22 Å². The van der Waals surface area contributed by atoms with Gasteiger partial charge in [-0.25, -0.2) is 0 Å². The fourth-order valence-electron chi connectivity index (χ4n) is 0.0445. The molecule has 0 unspecified atom stereocenters. The van der Waals surface area contributed by atoms with Gasteiger partial charge in [-0.15, -0.1) is 0 Å². The Morgan fingerprint density at radius 2 is 2.40 bits per heavy atom. The molecule has 0 heterocycles. The molecule has 0 N–H and O–H groups in total. The molecule has 0 aliphatic heterocycles. The summed E-state index contributed by atoms with van der Waals surface area (Å²) >= 11 is 1.67. The molecule has 2 nitrogen and oxygen atoms in total. The van der Waals surface area contributed by atoms with Crippen molar-refractivity contribution in [1.82, 2.24) is 0 Å². The molecule has 0 aromatic rings. The molecule has 30 valence electrons. The fraction of sp³-hybridized carbons (Fsp3) is 1.00. The summed E-state index contributed by atoms with van der Waals surface area (Å²) in [4.78, 5) is 4.32.